The van der Waals surface area contributed by atoms with Gasteiger partial charge in [0.25, 0.3) is 23.6 Å². The summed E-state index contributed by atoms with van der Waals surface area (Å²) in [6.45, 7) is 4.19. The highest BCUT2D eigenvalue weighted by Crippen LogP contribution is 2.41. The molecule has 0 unspecified atom stereocenters. The number of hydrogen-bond acceptors (Lipinski definition) is 5. The highest BCUT2D eigenvalue weighted by atomic mass is 16.5. The molecule has 0 saturated heterocycles. The second-order valence-corrected chi connectivity index (χ2v) is 8.44. The average Bonchev–Trinajstić information content (AvgIpc) is 2.87. The minimum Gasteiger partial charge on any atom is -0.493 e. The van der Waals surface area contributed by atoms with Gasteiger partial charge in [0.1, 0.15) is 5.75 Å². The second-order valence-electron chi connectivity index (χ2n) is 8.44. The van der Waals surface area contributed by atoms with Crippen LogP contribution in [0.1, 0.15) is 55.3 Å². The number of carbonyl (C=O) groups is 4. The molecule has 7 heteroatoms. The van der Waals surface area contributed by atoms with Gasteiger partial charge in [-0.1, -0.05) is 30.3 Å². The predicted octanol–water partition coefficient (Wildman–Crippen LogP) is 4.81. The van der Waals surface area contributed by atoms with E-state index in [1.807, 2.05) is 19.1 Å². The van der Waals surface area contributed by atoms with Crippen molar-refractivity contribution in [1.29, 1.82) is 0 Å². The van der Waals surface area contributed by atoms with Crippen LogP contribution in [-0.4, -0.2) is 41.7 Å². The fourth-order valence-electron chi connectivity index (χ4n) is 5.18. The number of carbonyl (C=O) groups excluding carboxylic acids is 4. The number of amides is 4. The number of rotatable bonds is 4. The molecule has 7 nitrogen and oxygen atoms in total. The maximum absolute atomic E-state index is 13.9. The number of anilines is 1. The molecule has 0 aromatic heterocycles. The van der Waals surface area contributed by atoms with Gasteiger partial charge >= 0.3 is 0 Å². The molecule has 2 aliphatic heterocycles. The Hall–Kier alpha value is -4.52. The third-order valence-corrected chi connectivity index (χ3v) is 6.68. The molecule has 2 aliphatic rings. The van der Waals surface area contributed by atoms with E-state index in [2.05, 4.69) is 0 Å². The lowest BCUT2D eigenvalue weighted by Gasteiger charge is -2.31. The number of benzene rings is 4. The van der Waals surface area contributed by atoms with Crippen LogP contribution < -0.4 is 9.64 Å². The van der Waals surface area contributed by atoms with Crippen molar-refractivity contribution < 1.29 is 23.9 Å². The van der Waals surface area contributed by atoms with Gasteiger partial charge in [-0.15, -0.1) is 0 Å². The van der Waals surface area contributed by atoms with Crippen molar-refractivity contribution in [3.05, 3.63) is 82.9 Å². The molecule has 0 N–H and O–H groups in total. The Balaban J connectivity index is 1.63. The lowest BCUT2D eigenvalue weighted by Crippen LogP contribution is -2.42. The van der Waals surface area contributed by atoms with Crippen LogP contribution >= 0.6 is 0 Å². The Kier molecular flexibility index (Phi) is 4.51. The summed E-state index contributed by atoms with van der Waals surface area (Å²) in [5.41, 5.74) is 1.78. The zero-order valence-electron chi connectivity index (χ0n) is 19.1. The van der Waals surface area contributed by atoms with Crippen molar-refractivity contribution in [2.24, 2.45) is 0 Å². The van der Waals surface area contributed by atoms with Crippen LogP contribution in [0, 0.1) is 0 Å². The lowest BCUT2D eigenvalue weighted by atomic mass is 9.90. The second kappa shape index (κ2) is 7.50. The lowest BCUT2D eigenvalue weighted by molar-refractivity contribution is 0.0619. The number of nitrogens with zero attached hydrogens (tertiary/aromatic N) is 2. The average molecular weight is 464 g/mol. The smallest absolute Gasteiger partial charge is 0.269 e. The molecule has 0 aliphatic carbocycles. The van der Waals surface area contributed by atoms with E-state index in [0.29, 0.717) is 56.5 Å². The monoisotopic (exact) mass is 464 g/mol. The van der Waals surface area contributed by atoms with Gasteiger partial charge in [-0.05, 0) is 49.6 Å². The summed E-state index contributed by atoms with van der Waals surface area (Å²) >= 11 is 0. The zero-order valence-corrected chi connectivity index (χ0v) is 19.1. The topological polar surface area (TPSA) is 84.0 Å². The summed E-state index contributed by atoms with van der Waals surface area (Å²) in [7, 11) is 0. The van der Waals surface area contributed by atoms with E-state index in [0.717, 1.165) is 10.3 Å². The summed E-state index contributed by atoms with van der Waals surface area (Å²) in [6.07, 6.45) is 0. The van der Waals surface area contributed by atoms with E-state index in [1.54, 1.807) is 55.5 Å². The molecule has 0 bridgehead atoms. The summed E-state index contributed by atoms with van der Waals surface area (Å²) in [5, 5.41) is 2.28. The molecule has 0 radical (unpaired) electrons. The standard InChI is InChI=1S/C28H20N2O5/c1-3-29-25(31)18-10-6-8-16-20(13-12-19(23(16)18)26(29)32)30-27(33)17-9-5-7-15-11-14-21(35-4-2)24(22(15)17)28(30)34/h5-14H,3-4H2,1-2H3. The van der Waals surface area contributed by atoms with Gasteiger partial charge in [0.15, 0.2) is 0 Å². The fourth-order valence-corrected chi connectivity index (χ4v) is 5.18. The minimum absolute atomic E-state index is 0.249. The van der Waals surface area contributed by atoms with Gasteiger partial charge in [-0.25, -0.2) is 4.90 Å². The number of imide groups is 2. The first-order chi connectivity index (χ1) is 17.0. The number of hydrogen-bond donors (Lipinski definition) is 0. The van der Waals surface area contributed by atoms with E-state index in [-0.39, 0.29) is 6.54 Å². The molecule has 6 rings (SSSR count). The van der Waals surface area contributed by atoms with Crippen LogP contribution in [-0.2, 0) is 0 Å². The van der Waals surface area contributed by atoms with Crippen LogP contribution in [0.3, 0.4) is 0 Å². The molecule has 0 saturated carbocycles. The fraction of sp³-hybridized carbons (Fsp3) is 0.143. The molecule has 2 heterocycles. The maximum Gasteiger partial charge on any atom is 0.269 e. The molecule has 0 fully saturated rings. The van der Waals surface area contributed by atoms with Crippen molar-refractivity contribution in [2.75, 3.05) is 18.1 Å². The van der Waals surface area contributed by atoms with Gasteiger partial charge in [-0.2, -0.15) is 0 Å². The first-order valence-corrected chi connectivity index (χ1v) is 11.5. The molecular formula is C28H20N2O5. The highest BCUT2D eigenvalue weighted by Gasteiger charge is 2.39. The SMILES string of the molecule is CCOc1ccc2cccc3c2c1C(=O)N(c1ccc2c4c(cccc14)C(=O)N(CC)C2=O)C3=O. The third kappa shape index (κ3) is 2.72. The van der Waals surface area contributed by atoms with Crippen molar-refractivity contribution in [3.63, 3.8) is 0 Å². The van der Waals surface area contributed by atoms with Crippen LogP contribution in [0.2, 0.25) is 0 Å². The molecule has 4 amide bonds. The van der Waals surface area contributed by atoms with Crippen LogP contribution in [0.5, 0.6) is 5.75 Å². The van der Waals surface area contributed by atoms with Crippen LogP contribution in [0.25, 0.3) is 21.5 Å². The Morgan fingerprint density at radius 3 is 2.09 bits per heavy atom. The third-order valence-electron chi connectivity index (χ3n) is 6.68. The first-order valence-electron chi connectivity index (χ1n) is 11.5. The van der Waals surface area contributed by atoms with Gasteiger partial charge in [-0.3, -0.25) is 24.1 Å². The van der Waals surface area contributed by atoms with E-state index >= 15 is 0 Å². The van der Waals surface area contributed by atoms with Crippen LogP contribution in [0.15, 0.2) is 60.7 Å². The highest BCUT2D eigenvalue weighted by molar-refractivity contribution is 6.38. The summed E-state index contributed by atoms with van der Waals surface area (Å²) in [5.74, 6) is -1.35. The minimum atomic E-state index is -0.507. The Morgan fingerprint density at radius 2 is 1.37 bits per heavy atom. The largest absolute Gasteiger partial charge is 0.493 e. The first kappa shape index (κ1) is 21.0. The maximum atomic E-state index is 13.9. The van der Waals surface area contributed by atoms with Crippen molar-refractivity contribution in [1.82, 2.24) is 4.90 Å². The summed E-state index contributed by atoms with van der Waals surface area (Å²) < 4.78 is 5.77. The zero-order chi connectivity index (χ0) is 24.4. The molecule has 172 valence electrons. The van der Waals surface area contributed by atoms with Crippen molar-refractivity contribution >= 4 is 50.9 Å². The molecule has 35 heavy (non-hydrogen) atoms. The van der Waals surface area contributed by atoms with E-state index in [1.165, 1.54) is 4.90 Å². The molecule has 4 aromatic rings. The molecule has 0 atom stereocenters. The van der Waals surface area contributed by atoms with Gasteiger partial charge in [0, 0.05) is 39.4 Å². The van der Waals surface area contributed by atoms with Gasteiger partial charge in [0.05, 0.1) is 17.9 Å². The normalized spacial score (nSPS) is 14.9. The van der Waals surface area contributed by atoms with Crippen molar-refractivity contribution in [2.45, 2.75) is 13.8 Å². The predicted molar refractivity (Wildman–Crippen MR) is 131 cm³/mol. The van der Waals surface area contributed by atoms with Gasteiger partial charge < -0.3 is 4.74 Å². The van der Waals surface area contributed by atoms with Crippen LogP contribution in [0.4, 0.5) is 5.69 Å². The van der Waals surface area contributed by atoms with E-state index < -0.39 is 23.6 Å². The Morgan fingerprint density at radius 1 is 0.686 bits per heavy atom. The van der Waals surface area contributed by atoms with E-state index in [4.69, 9.17) is 4.74 Å². The Bertz CT molecular complexity index is 1620. The molecule has 0 spiro atoms. The Labute approximate surface area is 200 Å². The summed E-state index contributed by atoms with van der Waals surface area (Å²) in [6, 6.07) is 17.2. The molecule has 4 aromatic carbocycles. The number of ether oxygens (including phenoxy) is 1. The van der Waals surface area contributed by atoms with Gasteiger partial charge in [0.2, 0.25) is 0 Å². The summed E-state index contributed by atoms with van der Waals surface area (Å²) in [4.78, 5) is 56.0. The van der Waals surface area contributed by atoms with Crippen molar-refractivity contribution in [3.8, 4) is 5.75 Å². The van der Waals surface area contributed by atoms with E-state index in [9.17, 15) is 19.2 Å². The quantitative estimate of drug-likeness (QED) is 0.405. The molecular weight excluding hydrogens is 444 g/mol.